The number of hydrogen-bond donors (Lipinski definition) is 5. The zero-order valence-electron chi connectivity index (χ0n) is 87.4. The molecule has 4 aromatic heterocycles. The number of amides is 1. The molecule has 8 aromatic carbocycles. The van der Waals surface area contributed by atoms with E-state index in [9.17, 15) is 42.9 Å². The van der Waals surface area contributed by atoms with Gasteiger partial charge in [0.2, 0.25) is 23.8 Å². The molecule has 4 saturated heterocycles. The summed E-state index contributed by atoms with van der Waals surface area (Å²) in [6.45, 7) is 30.9. The van der Waals surface area contributed by atoms with Crippen molar-refractivity contribution < 1.29 is 42.9 Å². The van der Waals surface area contributed by atoms with E-state index in [-0.39, 0.29) is 68.2 Å². The number of nitrogens with zero attached hydrogens (tertiary/aromatic N) is 16. The van der Waals surface area contributed by atoms with E-state index in [4.69, 9.17) is 43.9 Å². The summed E-state index contributed by atoms with van der Waals surface area (Å²) < 4.78 is 115. The molecule has 0 bridgehead atoms. The number of aromatic nitrogens is 8. The van der Waals surface area contributed by atoms with E-state index < -0.39 is 45.3 Å². The number of carbonyl (C=O) groups is 1. The highest BCUT2D eigenvalue weighted by molar-refractivity contribution is 7.92. The van der Waals surface area contributed by atoms with Crippen molar-refractivity contribution in [1.29, 1.82) is 0 Å². The number of nitrogens with one attached hydrogen (secondary N) is 4. The van der Waals surface area contributed by atoms with Crippen molar-refractivity contribution in [2.24, 2.45) is 17.6 Å². The maximum Gasteiger partial charge on any atom is 0.252 e. The Morgan fingerprint density at radius 2 is 0.772 bits per heavy atom. The molecule has 6 N–H and O–H groups in total. The summed E-state index contributed by atoms with van der Waals surface area (Å²) in [7, 11) is -4.23. The van der Waals surface area contributed by atoms with Gasteiger partial charge in [0.1, 0.15) is 5.82 Å². The van der Waals surface area contributed by atoms with Crippen molar-refractivity contribution >= 4 is 138 Å². The molecular weight excluding hydrogens is 2000 g/mol. The molecule has 0 radical (unpaired) electrons. The van der Waals surface area contributed by atoms with Gasteiger partial charge in [-0.1, -0.05) is 124 Å². The Hall–Kier alpha value is -11.9. The summed E-state index contributed by atoms with van der Waals surface area (Å²) >= 11 is 12.7. The number of primary amides is 1. The summed E-state index contributed by atoms with van der Waals surface area (Å²) in [5, 5.41) is 13.4. The van der Waals surface area contributed by atoms with Crippen LogP contribution in [0.5, 0.6) is 0 Å². The summed E-state index contributed by atoms with van der Waals surface area (Å²) in [6, 6.07) is 56.5. The van der Waals surface area contributed by atoms with Crippen molar-refractivity contribution in [3.8, 4) is 0 Å². The van der Waals surface area contributed by atoms with Crippen LogP contribution in [0.3, 0.4) is 0 Å². The lowest BCUT2D eigenvalue weighted by atomic mass is 10.0. The average Bonchev–Trinajstić information content (AvgIpc) is 1.63. The van der Waals surface area contributed by atoms with Gasteiger partial charge in [0.25, 0.3) is 5.91 Å². The summed E-state index contributed by atoms with van der Waals surface area (Å²) in [6.07, 6.45) is 11.6. The molecular formula is C112H140Cl2FN21O9S4. The predicted octanol–water partition coefficient (Wildman–Crippen LogP) is 17.4. The average molecular weight is 2140 g/mol. The first kappa shape index (κ1) is 111. The number of anilines is 12. The number of carbonyl (C=O) groups excluding carboxylic acids is 1. The van der Waals surface area contributed by atoms with Gasteiger partial charge in [-0.2, -0.15) is 0 Å². The quantitative estimate of drug-likeness (QED) is 0.0246. The number of likely N-dealkylation sites (N-methyl/N-ethyl adjacent to an activating group) is 4. The van der Waals surface area contributed by atoms with Gasteiger partial charge in [0.05, 0.1) is 79.0 Å². The van der Waals surface area contributed by atoms with Crippen molar-refractivity contribution in [3.05, 3.63) is 306 Å². The fourth-order valence-corrected chi connectivity index (χ4v) is 25.7. The van der Waals surface area contributed by atoms with Gasteiger partial charge < -0.3 is 66.2 Å². The Morgan fingerprint density at radius 1 is 0.403 bits per heavy atom. The molecule has 30 nitrogen and oxygen atoms in total. The highest BCUT2D eigenvalue weighted by Gasteiger charge is 2.36. The van der Waals surface area contributed by atoms with Crippen molar-refractivity contribution in [2.75, 3.05) is 185 Å². The molecule has 6 aliphatic rings. The predicted molar refractivity (Wildman–Crippen MR) is 601 cm³/mol. The highest BCUT2D eigenvalue weighted by Crippen LogP contribution is 2.36. The van der Waals surface area contributed by atoms with E-state index in [2.05, 4.69) is 180 Å². The summed E-state index contributed by atoms with van der Waals surface area (Å²) in [4.78, 5) is 67.5. The molecule has 149 heavy (non-hydrogen) atoms. The number of piperazine rings is 4. The maximum atomic E-state index is 14.9. The molecule has 0 spiro atoms. The Balaban J connectivity index is 0.000000149. The molecule has 0 unspecified atom stereocenters. The van der Waals surface area contributed by atoms with Crippen LogP contribution in [0.25, 0.3) is 0 Å². The van der Waals surface area contributed by atoms with Crippen molar-refractivity contribution in [1.82, 2.24) is 59.5 Å². The molecule has 0 atom stereocenters. The van der Waals surface area contributed by atoms with E-state index in [0.717, 1.165) is 221 Å². The molecule has 1 amide bonds. The van der Waals surface area contributed by atoms with Gasteiger partial charge in [0.15, 0.2) is 39.3 Å². The lowest BCUT2D eigenvalue weighted by Gasteiger charge is -2.34. The number of hydrogen-bond acceptors (Lipinski definition) is 29. The number of aryl methyl sites for hydroxylation is 3. The standard InChI is InChI=1S/C29H37N5O2S.C28H35ClFN5O2S.C28H36ClN5O2S.C27H32N6O3S/c1-21(2)37(35,36)20-23-7-4-6-22(18-23)19-28-26-8-5-9-27(26)31-29(32-28)30-24-10-12-25(13-11-24)34-16-14-33(3)15-17-34;1-19(2)17-38(36,37)18-22-13-21(5-7-24(22)29)14-26-20(3)16-31-28(33-26)32-23-6-8-27(25(30)15-23)35-11-9-34(4)10-12-35;1-20(2)18-37(35,36)19-23-15-22(5-10-26(23)29)16-27-21(3)17-30-28(32-27)31-24-6-8-25(9-7-24)34-13-11-33(4)12-14-34;1-32-11-13-33(14-12-32)22-7-5-21(6-8-22)30-27-29-17-24(26(28)34)25(31-27)16-19-3-2-4-20(15-19)18-37(35,36)23-9-10-23/h4,6-7,10-13,18,21H,5,8-9,14-17,19-20H2,1-3H3,(H,30,31,32);5-8,13,15-16,19H,9-12,14,17-18H2,1-4H3,(H,31,32,33);5-10,15,17,20H,11-14,16,18-19H2,1-4H3,(H,30,31,32);2-8,15,17,23H,9-14,16,18H2,1H3,(H2,28,34)(H,29,30,31). The zero-order chi connectivity index (χ0) is 106. The van der Waals surface area contributed by atoms with Gasteiger partial charge in [-0.05, 0) is 264 Å². The molecule has 2 aliphatic carbocycles. The molecule has 37 heteroatoms. The second-order valence-electron chi connectivity index (χ2n) is 41.3. The van der Waals surface area contributed by atoms with Crippen LogP contribution < -0.4 is 46.6 Å². The Labute approximate surface area is 888 Å². The van der Waals surface area contributed by atoms with Crippen LogP contribution in [0.4, 0.5) is 73.7 Å². The Morgan fingerprint density at radius 3 is 1.19 bits per heavy atom. The van der Waals surface area contributed by atoms with E-state index in [1.807, 2.05) is 133 Å². The molecule has 1 saturated carbocycles. The van der Waals surface area contributed by atoms with E-state index in [1.165, 1.54) is 34.9 Å². The summed E-state index contributed by atoms with van der Waals surface area (Å²) in [5.41, 5.74) is 27.4. The zero-order valence-corrected chi connectivity index (χ0v) is 92.2. The summed E-state index contributed by atoms with van der Waals surface area (Å²) in [5.74, 6) is 1.31. The first-order chi connectivity index (χ1) is 71.1. The molecule has 5 fully saturated rings. The Bertz CT molecular complexity index is 7130. The minimum absolute atomic E-state index is 0.0227. The van der Waals surface area contributed by atoms with Crippen LogP contribution in [-0.4, -0.2) is 254 Å². The van der Waals surface area contributed by atoms with Gasteiger partial charge in [-0.25, -0.2) is 77.9 Å². The van der Waals surface area contributed by atoms with Crippen molar-refractivity contribution in [3.63, 3.8) is 0 Å². The van der Waals surface area contributed by atoms with Gasteiger partial charge in [0, 0.05) is 205 Å². The third kappa shape index (κ3) is 32.3. The lowest BCUT2D eigenvalue weighted by Crippen LogP contribution is -2.44. The smallest absolute Gasteiger partial charge is 0.252 e. The number of halogens is 3. The SMILES string of the molecule is CC(C)S(=O)(=O)Cc1cccc(Cc2nc(Nc3ccc(N4CCN(C)CC4)cc3)nc3c2CCC3)c1.CN1CCN(c2ccc(Nc3ncc(C(N)=O)c(Cc4cccc(CS(=O)(=O)C5CC5)c4)n3)cc2)CC1.Cc1cnc(Nc2ccc(N3CCN(C)CC3)c(F)c2)nc1Cc1ccc(Cl)c(CS(=O)(=O)CC(C)C)c1.Cc1cnc(Nc2ccc(N3CCN(C)CC3)cc2)nc1Cc1ccc(Cl)c(CS(=O)(=O)CC(C)C)c1. The molecule has 12 aromatic rings. The number of sulfone groups is 4. The monoisotopic (exact) mass is 2140 g/mol. The van der Waals surface area contributed by atoms with Crippen LogP contribution in [0.2, 0.25) is 10.0 Å². The van der Waals surface area contributed by atoms with Crippen LogP contribution in [0.1, 0.15) is 161 Å². The molecule has 4 aliphatic heterocycles. The minimum Gasteiger partial charge on any atom is -0.369 e. The van der Waals surface area contributed by atoms with E-state index >= 15 is 0 Å². The van der Waals surface area contributed by atoms with Crippen LogP contribution in [0.15, 0.2) is 195 Å². The van der Waals surface area contributed by atoms with Gasteiger partial charge in [-0.15, -0.1) is 0 Å². The topological polar surface area (TPSA) is 357 Å². The highest BCUT2D eigenvalue weighted by atomic mass is 35.5. The van der Waals surface area contributed by atoms with E-state index in [0.29, 0.717) is 87.7 Å². The fourth-order valence-electron chi connectivity index (χ4n) is 18.7. The second-order valence-corrected chi connectivity index (χ2v) is 51.1. The molecule has 792 valence electrons. The van der Waals surface area contributed by atoms with Crippen LogP contribution in [0, 0.1) is 31.5 Å². The largest absolute Gasteiger partial charge is 0.369 e. The number of fused-ring (bicyclic) bond motifs is 1. The minimum atomic E-state index is -3.27. The first-order valence-corrected chi connectivity index (χ1v) is 59.1. The number of nitrogens with two attached hydrogens (primary N) is 1. The van der Waals surface area contributed by atoms with E-state index in [1.54, 1.807) is 38.2 Å². The van der Waals surface area contributed by atoms with Crippen LogP contribution in [-0.2, 0) is 101 Å². The third-order valence-electron chi connectivity index (χ3n) is 27.4. The molecule has 8 heterocycles. The first-order valence-electron chi connectivity index (χ1n) is 51.3. The normalized spacial score (nSPS) is 15.6. The van der Waals surface area contributed by atoms with Gasteiger partial charge in [-0.3, -0.25) is 4.79 Å². The maximum absolute atomic E-state index is 14.9. The number of benzene rings is 8. The van der Waals surface area contributed by atoms with Crippen LogP contribution >= 0.6 is 23.2 Å². The third-order valence-corrected chi connectivity index (χ3v) is 36.4. The van der Waals surface area contributed by atoms with Gasteiger partial charge >= 0.3 is 0 Å². The second kappa shape index (κ2) is 50.4. The fraction of sp³-hybridized carbons (Fsp3) is 0.420. The van der Waals surface area contributed by atoms with Crippen molar-refractivity contribution in [2.45, 2.75) is 147 Å². The Kier molecular flexibility index (Phi) is 37.6. The number of rotatable bonds is 35. The molecule has 18 rings (SSSR count). The lowest BCUT2D eigenvalue weighted by molar-refractivity contribution is 0.0998.